The first-order valence-corrected chi connectivity index (χ1v) is 10.2. The number of nitrogens with zero attached hydrogens (tertiary/aromatic N) is 1. The van der Waals surface area contributed by atoms with Gasteiger partial charge >= 0.3 is 0 Å². The maximum atomic E-state index is 13.1. The molecule has 0 amide bonds. The molecule has 29 heavy (non-hydrogen) atoms. The molecule has 0 radical (unpaired) electrons. The molecule has 0 saturated carbocycles. The largest absolute Gasteiger partial charge is 0.496 e. The number of rotatable bonds is 5. The Morgan fingerprint density at radius 2 is 1.52 bits per heavy atom. The van der Waals surface area contributed by atoms with E-state index in [1.54, 1.807) is 0 Å². The Labute approximate surface area is 172 Å². The average Bonchev–Trinajstić information content (AvgIpc) is 3.23. The van der Waals surface area contributed by atoms with Gasteiger partial charge in [-0.15, -0.1) is 0 Å². The Hall–Kier alpha value is -2.69. The first-order valence-electron chi connectivity index (χ1n) is 10.2. The normalized spacial score (nSPS) is 23.1. The molecule has 0 bridgehead atoms. The second-order valence-electron chi connectivity index (χ2n) is 7.48. The smallest absolute Gasteiger partial charge is 0.172 e. The number of hydrogen-bond acceptors (Lipinski definition) is 4. The minimum absolute atomic E-state index is 0.0333. The van der Waals surface area contributed by atoms with Crippen LogP contribution in [0.5, 0.6) is 0 Å². The third-order valence-corrected chi connectivity index (χ3v) is 5.67. The van der Waals surface area contributed by atoms with Crippen LogP contribution in [-0.4, -0.2) is 43.6 Å². The molecule has 2 aliphatic rings. The fraction of sp³-hybridized carbons (Fsp3) is 0.320. The van der Waals surface area contributed by atoms with E-state index in [0.29, 0.717) is 32.9 Å². The lowest BCUT2D eigenvalue weighted by atomic mass is 9.93. The second kappa shape index (κ2) is 8.76. The lowest BCUT2D eigenvalue weighted by molar-refractivity contribution is -0.117. The maximum Gasteiger partial charge on any atom is 0.172 e. The summed E-state index contributed by atoms with van der Waals surface area (Å²) in [6.07, 6.45) is 0. The van der Waals surface area contributed by atoms with Crippen molar-refractivity contribution < 1.29 is 14.3 Å². The van der Waals surface area contributed by atoms with E-state index in [1.165, 1.54) is 0 Å². The van der Waals surface area contributed by atoms with Crippen LogP contribution in [0, 0.1) is 0 Å². The van der Waals surface area contributed by atoms with E-state index in [-0.39, 0.29) is 11.8 Å². The quantitative estimate of drug-likeness (QED) is 0.764. The van der Waals surface area contributed by atoms with E-state index in [1.807, 2.05) is 50.2 Å². The van der Waals surface area contributed by atoms with Crippen LogP contribution >= 0.6 is 0 Å². The van der Waals surface area contributed by atoms with Crippen LogP contribution in [-0.2, 0) is 14.3 Å². The van der Waals surface area contributed by atoms with Gasteiger partial charge in [0.05, 0.1) is 39.0 Å². The van der Waals surface area contributed by atoms with Crippen molar-refractivity contribution in [3.63, 3.8) is 0 Å². The molecular weight excluding hydrogens is 362 g/mol. The number of Topliss-reactive ketones (excluding diaryl/α,β-unsaturated/α-hetero) is 1. The van der Waals surface area contributed by atoms with Gasteiger partial charge in [-0.25, -0.2) is 0 Å². The molecule has 0 aromatic heterocycles. The molecule has 0 aliphatic carbocycles. The molecule has 1 saturated heterocycles. The number of benzene rings is 2. The monoisotopic (exact) mass is 389 g/mol. The van der Waals surface area contributed by atoms with Crippen LogP contribution in [0.3, 0.4) is 0 Å². The highest BCUT2D eigenvalue weighted by Gasteiger charge is 2.32. The number of carbonyl (C=O) groups excluding carboxylic acids is 1. The van der Waals surface area contributed by atoms with Gasteiger partial charge in [0, 0.05) is 5.57 Å². The van der Waals surface area contributed by atoms with E-state index in [2.05, 4.69) is 29.2 Å². The van der Waals surface area contributed by atoms with Crippen LogP contribution in [0.2, 0.25) is 0 Å². The number of ether oxygens (including phenoxy) is 2. The molecule has 4 nitrogen and oxygen atoms in total. The number of fused-ring (bicyclic) bond motifs is 1. The fourth-order valence-electron chi connectivity index (χ4n) is 4.19. The Morgan fingerprint density at radius 3 is 2.10 bits per heavy atom. The van der Waals surface area contributed by atoms with Crippen molar-refractivity contribution in [1.82, 2.24) is 4.90 Å². The van der Waals surface area contributed by atoms with Crippen molar-refractivity contribution in [2.75, 3.05) is 32.9 Å². The van der Waals surface area contributed by atoms with Gasteiger partial charge in [0.1, 0.15) is 5.76 Å². The molecule has 0 unspecified atom stereocenters. The van der Waals surface area contributed by atoms with Crippen molar-refractivity contribution in [1.29, 1.82) is 0 Å². The van der Waals surface area contributed by atoms with Crippen LogP contribution < -0.4 is 0 Å². The highest BCUT2D eigenvalue weighted by atomic mass is 16.5. The molecule has 0 N–H and O–H groups in total. The van der Waals surface area contributed by atoms with Gasteiger partial charge in [-0.1, -0.05) is 60.7 Å². The van der Waals surface area contributed by atoms with Crippen LogP contribution in [0.25, 0.3) is 0 Å². The van der Waals surface area contributed by atoms with Crippen molar-refractivity contribution in [3.05, 3.63) is 94.3 Å². The van der Waals surface area contributed by atoms with Gasteiger partial charge in [0.15, 0.2) is 5.78 Å². The molecule has 1 fully saturated rings. The first-order chi connectivity index (χ1) is 14.2. The summed E-state index contributed by atoms with van der Waals surface area (Å²) in [5, 5.41) is 0. The number of carbonyl (C=O) groups is 1. The topological polar surface area (TPSA) is 38.8 Å². The maximum absolute atomic E-state index is 13.1. The third-order valence-electron chi connectivity index (χ3n) is 5.67. The highest BCUT2D eigenvalue weighted by molar-refractivity contribution is 5.98. The molecular formula is C25H27NO3. The van der Waals surface area contributed by atoms with Crippen LogP contribution in [0.15, 0.2) is 83.1 Å². The summed E-state index contributed by atoms with van der Waals surface area (Å²) in [4.78, 5) is 15.4. The zero-order chi connectivity index (χ0) is 20.2. The predicted molar refractivity (Wildman–Crippen MR) is 113 cm³/mol. The molecule has 0 atom stereocenters. The average molecular weight is 389 g/mol. The SMILES string of the molecule is CCO/C1=C2\COC\C2=C(/C)C(=O)CN(C(c2ccccc2)c2ccccc2)C1. The Kier molecular flexibility index (Phi) is 5.93. The Balaban J connectivity index is 1.81. The summed E-state index contributed by atoms with van der Waals surface area (Å²) in [5.74, 6) is 1.07. The van der Waals surface area contributed by atoms with E-state index in [4.69, 9.17) is 9.47 Å². The molecule has 4 rings (SSSR count). The van der Waals surface area contributed by atoms with Crippen molar-refractivity contribution in [2.24, 2.45) is 0 Å². The number of ketones is 1. The molecule has 2 aromatic carbocycles. The van der Waals surface area contributed by atoms with Crippen molar-refractivity contribution in [3.8, 4) is 0 Å². The molecule has 2 heterocycles. The third kappa shape index (κ3) is 4.04. The van der Waals surface area contributed by atoms with Crippen LogP contribution in [0.1, 0.15) is 31.0 Å². The second-order valence-corrected chi connectivity index (χ2v) is 7.48. The van der Waals surface area contributed by atoms with E-state index < -0.39 is 0 Å². The van der Waals surface area contributed by atoms with Gasteiger partial charge in [-0.05, 0) is 36.1 Å². The van der Waals surface area contributed by atoms with Crippen molar-refractivity contribution in [2.45, 2.75) is 19.9 Å². The summed E-state index contributed by atoms with van der Waals surface area (Å²) in [6.45, 7) is 6.42. The highest BCUT2D eigenvalue weighted by Crippen LogP contribution is 2.34. The molecule has 4 heteroatoms. The molecule has 2 aliphatic heterocycles. The van der Waals surface area contributed by atoms with Crippen LogP contribution in [0.4, 0.5) is 0 Å². The van der Waals surface area contributed by atoms with Gasteiger partial charge in [-0.2, -0.15) is 0 Å². The Morgan fingerprint density at radius 1 is 0.931 bits per heavy atom. The van der Waals surface area contributed by atoms with E-state index in [0.717, 1.165) is 33.6 Å². The summed E-state index contributed by atoms with van der Waals surface area (Å²) >= 11 is 0. The zero-order valence-electron chi connectivity index (χ0n) is 17.1. The van der Waals surface area contributed by atoms with E-state index in [9.17, 15) is 4.79 Å². The van der Waals surface area contributed by atoms with Gasteiger partial charge in [-0.3, -0.25) is 9.69 Å². The first kappa shape index (κ1) is 19.6. The van der Waals surface area contributed by atoms with Gasteiger partial charge in [0.2, 0.25) is 0 Å². The standard InChI is InChI=1S/C25H27NO3/c1-3-29-24-15-26(14-23(27)18(2)21-16-28-17-22(21)24)25(19-10-6-4-7-11-19)20-12-8-5-9-13-20/h4-13,25H,3,14-17H2,1-2H3/b21-18-,24-22+. The lowest BCUT2D eigenvalue weighted by Gasteiger charge is -2.34. The summed E-state index contributed by atoms with van der Waals surface area (Å²) in [5.41, 5.74) is 5.17. The zero-order valence-corrected chi connectivity index (χ0v) is 17.1. The lowest BCUT2D eigenvalue weighted by Crippen LogP contribution is -2.38. The summed E-state index contributed by atoms with van der Waals surface area (Å²) < 4.78 is 11.8. The van der Waals surface area contributed by atoms with Gasteiger partial charge < -0.3 is 9.47 Å². The van der Waals surface area contributed by atoms with E-state index >= 15 is 0 Å². The minimum atomic E-state index is -0.0333. The minimum Gasteiger partial charge on any atom is -0.496 e. The van der Waals surface area contributed by atoms with Crippen molar-refractivity contribution >= 4 is 5.78 Å². The summed E-state index contributed by atoms with van der Waals surface area (Å²) in [6, 6.07) is 20.7. The summed E-state index contributed by atoms with van der Waals surface area (Å²) in [7, 11) is 0. The number of hydrogen-bond donors (Lipinski definition) is 0. The molecule has 2 aromatic rings. The van der Waals surface area contributed by atoms with Gasteiger partial charge in [0.25, 0.3) is 0 Å². The fourth-order valence-corrected chi connectivity index (χ4v) is 4.19. The Bertz CT molecular complexity index is 892. The molecule has 0 spiro atoms. The molecule has 150 valence electrons. The predicted octanol–water partition coefficient (Wildman–Crippen LogP) is 4.30.